The van der Waals surface area contributed by atoms with Crippen LogP contribution in [-0.4, -0.2) is 51.9 Å². The van der Waals surface area contributed by atoms with Gasteiger partial charge in [-0.1, -0.05) is 6.07 Å². The number of aryl methyl sites for hydroxylation is 1. The molecule has 10 heteroatoms. The van der Waals surface area contributed by atoms with Crippen LogP contribution >= 0.6 is 12.2 Å². The van der Waals surface area contributed by atoms with E-state index < -0.39 is 4.92 Å². The van der Waals surface area contributed by atoms with Crippen LogP contribution in [0.3, 0.4) is 0 Å². The van der Waals surface area contributed by atoms with Crippen LogP contribution in [0, 0.1) is 24.0 Å². The highest BCUT2D eigenvalue weighted by atomic mass is 32.1. The molecule has 0 saturated carbocycles. The molecule has 2 aromatic heterocycles. The fraction of sp³-hybridized carbons (Fsp3) is 0.333. The topological polar surface area (TPSA) is 94.7 Å². The molecule has 1 saturated heterocycles. The van der Waals surface area contributed by atoms with Crippen LogP contribution in [0.4, 0.5) is 5.69 Å². The summed E-state index contributed by atoms with van der Waals surface area (Å²) in [6.07, 6.45) is 1.77. The number of thiocarbonyl (C=S) groups is 1. The second-order valence-electron chi connectivity index (χ2n) is 8.09. The van der Waals surface area contributed by atoms with E-state index >= 15 is 0 Å². The fourth-order valence-electron chi connectivity index (χ4n) is 4.60. The Hall–Kier alpha value is -3.50. The molecule has 1 aliphatic heterocycles. The van der Waals surface area contributed by atoms with Crippen LogP contribution in [-0.2, 0) is 4.74 Å². The third-order valence-corrected chi connectivity index (χ3v) is 6.49. The van der Waals surface area contributed by atoms with Gasteiger partial charge in [-0.05, 0) is 55.9 Å². The monoisotopic (exact) mass is 481 g/mol. The van der Waals surface area contributed by atoms with Crippen LogP contribution in [0.1, 0.15) is 34.7 Å². The second kappa shape index (κ2) is 9.78. The van der Waals surface area contributed by atoms with Crippen molar-refractivity contribution in [1.82, 2.24) is 19.8 Å². The van der Waals surface area contributed by atoms with Crippen molar-refractivity contribution in [2.45, 2.75) is 25.9 Å². The first kappa shape index (κ1) is 23.7. The van der Waals surface area contributed by atoms with Crippen molar-refractivity contribution in [3.8, 4) is 11.4 Å². The second-order valence-corrected chi connectivity index (χ2v) is 8.47. The van der Waals surface area contributed by atoms with Crippen LogP contribution < -0.4 is 10.1 Å². The molecular formula is C24H27N5O4S. The van der Waals surface area contributed by atoms with Gasteiger partial charge in [-0.3, -0.25) is 15.1 Å². The average Bonchev–Trinajstić information content (AvgIpc) is 3.32. The van der Waals surface area contributed by atoms with Gasteiger partial charge in [0.15, 0.2) is 5.11 Å². The first-order chi connectivity index (χ1) is 16.4. The highest BCUT2D eigenvalue weighted by Crippen LogP contribution is 2.42. The fourth-order valence-corrected chi connectivity index (χ4v) is 4.93. The minimum Gasteiger partial charge on any atom is -0.495 e. The van der Waals surface area contributed by atoms with Gasteiger partial charge >= 0.3 is 0 Å². The third kappa shape index (κ3) is 4.22. The number of aromatic nitrogens is 2. The lowest BCUT2D eigenvalue weighted by atomic mass is 9.97. The predicted molar refractivity (Wildman–Crippen MR) is 132 cm³/mol. The highest BCUT2D eigenvalue weighted by Gasteiger charge is 2.41. The maximum absolute atomic E-state index is 11.5. The van der Waals surface area contributed by atoms with Gasteiger partial charge in [0, 0.05) is 43.4 Å². The molecular weight excluding hydrogens is 454 g/mol. The molecule has 1 N–H and O–H groups in total. The molecule has 9 nitrogen and oxygen atoms in total. The molecule has 1 aliphatic rings. The number of nitro benzene ring substituents is 1. The Morgan fingerprint density at radius 2 is 2.00 bits per heavy atom. The zero-order valence-corrected chi connectivity index (χ0v) is 20.3. The number of methoxy groups -OCH3 is 2. The van der Waals surface area contributed by atoms with E-state index in [-0.39, 0.29) is 17.8 Å². The molecule has 0 amide bonds. The number of nitrogens with zero attached hydrogens (tertiary/aromatic N) is 4. The quantitative estimate of drug-likeness (QED) is 0.293. The first-order valence-electron chi connectivity index (χ1n) is 10.9. The maximum atomic E-state index is 11.5. The van der Waals surface area contributed by atoms with Crippen molar-refractivity contribution in [1.29, 1.82) is 0 Å². The number of hydrogen-bond acceptors (Lipinski definition) is 6. The lowest BCUT2D eigenvalue weighted by molar-refractivity contribution is -0.384. The van der Waals surface area contributed by atoms with E-state index in [1.54, 1.807) is 32.5 Å². The van der Waals surface area contributed by atoms with E-state index in [0.717, 1.165) is 22.6 Å². The molecule has 4 rings (SSSR count). The van der Waals surface area contributed by atoms with Gasteiger partial charge in [-0.25, -0.2) is 0 Å². The number of nitrogens with one attached hydrogen (secondary N) is 1. The Bertz CT molecular complexity index is 1210. The van der Waals surface area contributed by atoms with Gasteiger partial charge in [-0.2, -0.15) is 0 Å². The summed E-state index contributed by atoms with van der Waals surface area (Å²) < 4.78 is 12.9. The Morgan fingerprint density at radius 1 is 1.21 bits per heavy atom. The Labute approximate surface area is 203 Å². The largest absolute Gasteiger partial charge is 0.495 e. The third-order valence-electron chi connectivity index (χ3n) is 6.14. The minimum atomic E-state index is -0.402. The Kier molecular flexibility index (Phi) is 6.80. The summed E-state index contributed by atoms with van der Waals surface area (Å²) in [5, 5.41) is 15.5. The van der Waals surface area contributed by atoms with E-state index in [9.17, 15) is 10.1 Å². The summed E-state index contributed by atoms with van der Waals surface area (Å²) in [5.41, 5.74) is 4.41. The minimum absolute atomic E-state index is 0.00152. The maximum Gasteiger partial charge on any atom is 0.271 e. The van der Waals surface area contributed by atoms with E-state index in [4.69, 9.17) is 21.7 Å². The molecule has 1 fully saturated rings. The number of non-ortho nitro benzene ring substituents is 1. The smallest absolute Gasteiger partial charge is 0.271 e. The van der Waals surface area contributed by atoms with Crippen molar-refractivity contribution in [3.63, 3.8) is 0 Å². The molecule has 0 radical (unpaired) electrons. The van der Waals surface area contributed by atoms with Crippen molar-refractivity contribution in [2.24, 2.45) is 0 Å². The highest BCUT2D eigenvalue weighted by molar-refractivity contribution is 7.80. The number of rotatable bonds is 8. The number of hydrogen-bond donors (Lipinski definition) is 1. The molecule has 0 spiro atoms. The lowest BCUT2D eigenvalue weighted by Crippen LogP contribution is -2.32. The molecule has 1 aromatic carbocycles. The van der Waals surface area contributed by atoms with Crippen molar-refractivity contribution in [2.75, 3.05) is 27.4 Å². The molecule has 3 aromatic rings. The Morgan fingerprint density at radius 3 is 2.65 bits per heavy atom. The molecule has 0 aliphatic carbocycles. The molecule has 178 valence electrons. The van der Waals surface area contributed by atoms with Crippen molar-refractivity contribution < 1.29 is 14.4 Å². The van der Waals surface area contributed by atoms with Crippen molar-refractivity contribution >= 4 is 23.0 Å². The zero-order chi connectivity index (χ0) is 24.4. The molecule has 3 heterocycles. The van der Waals surface area contributed by atoms with Crippen LogP contribution in [0.2, 0.25) is 0 Å². The summed E-state index contributed by atoms with van der Waals surface area (Å²) in [4.78, 5) is 17.8. The zero-order valence-electron chi connectivity index (χ0n) is 19.5. The van der Waals surface area contributed by atoms with Gasteiger partial charge in [0.05, 0.1) is 42.1 Å². The molecule has 2 atom stereocenters. The van der Waals surface area contributed by atoms with Gasteiger partial charge in [0.1, 0.15) is 5.75 Å². The normalized spacial score (nSPS) is 17.6. The standard InChI is InChI=1S/C24H27N5O4S/c1-15-13-18(16(2)28(15)20-14-17(29(30)31)8-9-21(20)33-4)23-22(19-7-5-6-10-25-19)26-24(34)27(23)11-12-32-3/h5-10,13-14,22-23H,11-12H2,1-4H3,(H,26,34)/t22-,23-/m0/s1. The summed E-state index contributed by atoms with van der Waals surface area (Å²) in [5.74, 6) is 0.552. The Balaban J connectivity index is 1.86. The number of nitro groups is 1. The molecule has 0 unspecified atom stereocenters. The van der Waals surface area contributed by atoms with Crippen LogP contribution in [0.5, 0.6) is 5.75 Å². The van der Waals surface area contributed by atoms with Crippen molar-refractivity contribution in [3.05, 3.63) is 81.4 Å². The summed E-state index contributed by atoms with van der Waals surface area (Å²) in [6.45, 7) is 5.11. The van der Waals surface area contributed by atoms with Crippen LogP contribution in [0.25, 0.3) is 5.69 Å². The first-order valence-corrected chi connectivity index (χ1v) is 11.3. The van der Waals surface area contributed by atoms with Gasteiger partial charge in [-0.15, -0.1) is 0 Å². The summed E-state index contributed by atoms with van der Waals surface area (Å²) in [7, 11) is 3.22. The van der Waals surface area contributed by atoms with E-state index in [1.807, 2.05) is 36.6 Å². The van der Waals surface area contributed by atoms with E-state index in [2.05, 4.69) is 21.3 Å². The van der Waals surface area contributed by atoms with E-state index in [1.165, 1.54) is 6.07 Å². The van der Waals surface area contributed by atoms with Gasteiger partial charge < -0.3 is 24.3 Å². The molecule has 34 heavy (non-hydrogen) atoms. The van der Waals surface area contributed by atoms with Crippen LogP contribution in [0.15, 0.2) is 48.7 Å². The number of benzene rings is 1. The number of ether oxygens (including phenoxy) is 2. The SMILES string of the molecule is COCCN1C(=S)N[C@@H](c2ccccn2)[C@@H]1c1cc(C)n(-c2cc([N+](=O)[O-])ccc2OC)c1C. The molecule has 0 bridgehead atoms. The average molecular weight is 482 g/mol. The lowest BCUT2D eigenvalue weighted by Gasteiger charge is -2.28. The predicted octanol–water partition coefficient (Wildman–Crippen LogP) is 4.02. The van der Waals surface area contributed by atoms with Gasteiger partial charge in [0.25, 0.3) is 5.69 Å². The van der Waals surface area contributed by atoms with E-state index in [0.29, 0.717) is 29.7 Å². The summed E-state index contributed by atoms with van der Waals surface area (Å²) >= 11 is 5.70. The summed E-state index contributed by atoms with van der Waals surface area (Å²) in [6, 6.07) is 12.2. The number of pyridine rings is 1. The van der Waals surface area contributed by atoms with Gasteiger partial charge in [0.2, 0.25) is 0 Å².